The Balaban J connectivity index is 2.26. The van der Waals surface area contributed by atoms with Gasteiger partial charge in [0.25, 0.3) is 0 Å². The number of amides is 1. The molecule has 0 bridgehead atoms. The molecule has 0 unspecified atom stereocenters. The summed E-state index contributed by atoms with van der Waals surface area (Å²) in [5.74, 6) is 0.209. The van der Waals surface area contributed by atoms with Gasteiger partial charge in [-0.25, -0.2) is 0 Å². The second-order valence-electron chi connectivity index (χ2n) is 6.70. The first kappa shape index (κ1) is 14.8. The number of benzene rings is 1. The molecule has 1 amide bonds. The number of aryl methyl sites for hydroxylation is 2. The average Bonchev–Trinajstić information content (AvgIpc) is 3.02. The van der Waals surface area contributed by atoms with Crippen LogP contribution in [-0.4, -0.2) is 31.1 Å². The number of nitrogens with one attached hydrogen (secondary N) is 1. The van der Waals surface area contributed by atoms with Crippen molar-refractivity contribution in [2.24, 2.45) is 0 Å². The van der Waals surface area contributed by atoms with Crippen LogP contribution in [0.3, 0.4) is 0 Å². The molecule has 1 fully saturated rings. The molecule has 1 saturated carbocycles. The molecule has 0 radical (unpaired) electrons. The van der Waals surface area contributed by atoms with Crippen molar-refractivity contribution in [1.82, 2.24) is 0 Å². The van der Waals surface area contributed by atoms with E-state index in [1.807, 2.05) is 26.0 Å². The number of hydrogen-bond acceptors (Lipinski definition) is 1. The standard InChI is InChI=1S/C15H23ClNOP/c1-10-8-12(16)9-11(2)13(10)17-14(18)15(6-7-15)19(3,4)5/h8-9,19H,6-7H2,1-5H3,(H,17,18). The van der Waals surface area contributed by atoms with E-state index in [-0.39, 0.29) is 11.1 Å². The van der Waals surface area contributed by atoms with Crippen molar-refractivity contribution in [3.8, 4) is 0 Å². The molecular formula is C15H23ClNOP. The van der Waals surface area contributed by atoms with Crippen LogP contribution in [0, 0.1) is 13.8 Å². The Hall–Kier alpha value is -0.590. The van der Waals surface area contributed by atoms with E-state index in [9.17, 15) is 4.79 Å². The van der Waals surface area contributed by atoms with E-state index in [1.165, 1.54) is 0 Å². The number of carbonyl (C=O) groups is 1. The van der Waals surface area contributed by atoms with E-state index in [0.29, 0.717) is 0 Å². The van der Waals surface area contributed by atoms with Crippen LogP contribution in [-0.2, 0) is 4.79 Å². The van der Waals surface area contributed by atoms with Gasteiger partial charge in [-0.15, -0.1) is 0 Å². The third-order valence-corrected chi connectivity index (χ3v) is 8.17. The zero-order valence-corrected chi connectivity index (χ0v) is 14.1. The first-order valence-electron chi connectivity index (χ1n) is 6.75. The van der Waals surface area contributed by atoms with Crippen LogP contribution in [0.15, 0.2) is 12.1 Å². The van der Waals surface area contributed by atoms with Crippen LogP contribution in [0.1, 0.15) is 24.0 Å². The summed E-state index contributed by atoms with van der Waals surface area (Å²) in [6.45, 7) is 10.8. The Morgan fingerprint density at radius 3 is 2.05 bits per heavy atom. The summed E-state index contributed by atoms with van der Waals surface area (Å²) < 4.78 is 0. The summed E-state index contributed by atoms with van der Waals surface area (Å²) in [4.78, 5) is 12.6. The van der Waals surface area contributed by atoms with Gasteiger partial charge < -0.3 is 0 Å². The van der Waals surface area contributed by atoms with Gasteiger partial charge in [0, 0.05) is 0 Å². The van der Waals surface area contributed by atoms with Gasteiger partial charge in [0.1, 0.15) is 0 Å². The van der Waals surface area contributed by atoms with Crippen molar-refractivity contribution in [1.29, 1.82) is 0 Å². The summed E-state index contributed by atoms with van der Waals surface area (Å²) in [5.41, 5.74) is 2.99. The molecule has 1 aliphatic carbocycles. The third kappa shape index (κ3) is 2.66. The Morgan fingerprint density at radius 1 is 1.21 bits per heavy atom. The van der Waals surface area contributed by atoms with E-state index in [4.69, 9.17) is 11.6 Å². The molecule has 1 aromatic carbocycles. The number of carbonyl (C=O) groups excluding carboxylic acids is 1. The third-order valence-electron chi connectivity index (χ3n) is 4.36. The predicted octanol–water partition coefficient (Wildman–Crippen LogP) is 4.07. The van der Waals surface area contributed by atoms with Gasteiger partial charge in [0.05, 0.1) is 0 Å². The van der Waals surface area contributed by atoms with Gasteiger partial charge in [-0.2, -0.15) is 0 Å². The van der Waals surface area contributed by atoms with Crippen molar-refractivity contribution < 1.29 is 4.79 Å². The van der Waals surface area contributed by atoms with Crippen LogP contribution < -0.4 is 5.32 Å². The number of anilines is 1. The van der Waals surface area contributed by atoms with Crippen LogP contribution >= 0.6 is 18.9 Å². The van der Waals surface area contributed by atoms with Crippen LogP contribution in [0.25, 0.3) is 0 Å². The van der Waals surface area contributed by atoms with Gasteiger partial charge in [0.2, 0.25) is 0 Å². The van der Waals surface area contributed by atoms with E-state index in [0.717, 1.165) is 34.7 Å². The summed E-state index contributed by atoms with van der Waals surface area (Å²) in [7, 11) is -1.47. The second-order valence-corrected chi connectivity index (χ2v) is 12.6. The molecule has 1 aromatic rings. The zero-order valence-electron chi connectivity index (χ0n) is 12.4. The first-order chi connectivity index (χ1) is 8.67. The molecule has 0 aliphatic heterocycles. The quantitative estimate of drug-likeness (QED) is 0.838. The second kappa shape index (κ2) is 4.75. The van der Waals surface area contributed by atoms with E-state index in [1.54, 1.807) is 0 Å². The van der Waals surface area contributed by atoms with Gasteiger partial charge >= 0.3 is 121 Å². The van der Waals surface area contributed by atoms with Crippen molar-refractivity contribution in [3.05, 3.63) is 28.3 Å². The molecule has 1 N–H and O–H groups in total. The van der Waals surface area contributed by atoms with Gasteiger partial charge in [-0.3, -0.25) is 0 Å². The fraction of sp³-hybridized carbons (Fsp3) is 0.533. The van der Waals surface area contributed by atoms with Gasteiger partial charge in [0.15, 0.2) is 0 Å². The molecule has 19 heavy (non-hydrogen) atoms. The number of rotatable bonds is 3. The van der Waals surface area contributed by atoms with Crippen molar-refractivity contribution >= 4 is 30.5 Å². The minimum absolute atomic E-state index is 0.0640. The van der Waals surface area contributed by atoms with Crippen molar-refractivity contribution in [2.75, 3.05) is 25.3 Å². The molecule has 4 heteroatoms. The van der Waals surface area contributed by atoms with Gasteiger partial charge in [-0.1, -0.05) is 0 Å². The summed E-state index contributed by atoms with van der Waals surface area (Å²) in [5, 5.41) is 3.81. The fourth-order valence-corrected chi connectivity index (χ4v) is 5.48. The van der Waals surface area contributed by atoms with Gasteiger partial charge in [-0.05, 0) is 0 Å². The molecule has 0 spiro atoms. The number of halogens is 1. The Kier molecular flexibility index (Phi) is 3.70. The summed E-state index contributed by atoms with van der Waals surface area (Å²) in [6.07, 6.45) is 2.08. The van der Waals surface area contributed by atoms with E-state index < -0.39 is 7.26 Å². The predicted molar refractivity (Wildman–Crippen MR) is 87.6 cm³/mol. The minimum atomic E-state index is -1.47. The van der Waals surface area contributed by atoms with Crippen LogP contribution in [0.4, 0.5) is 5.69 Å². The maximum atomic E-state index is 12.6. The molecular weight excluding hydrogens is 277 g/mol. The normalized spacial score (nSPS) is 18.0. The molecule has 0 saturated heterocycles. The topological polar surface area (TPSA) is 29.1 Å². The molecule has 1 aliphatic rings. The monoisotopic (exact) mass is 299 g/mol. The zero-order chi connectivity index (χ0) is 14.4. The summed E-state index contributed by atoms with van der Waals surface area (Å²) in [6, 6.07) is 3.80. The average molecular weight is 300 g/mol. The van der Waals surface area contributed by atoms with E-state index in [2.05, 4.69) is 25.3 Å². The SMILES string of the molecule is Cc1cc(Cl)cc(C)c1NC(=O)C1([PH](C)(C)C)CC1. The summed E-state index contributed by atoms with van der Waals surface area (Å²) >= 11 is 6.03. The molecule has 2 rings (SSSR count). The van der Waals surface area contributed by atoms with Crippen LogP contribution in [0.2, 0.25) is 5.02 Å². The molecule has 2 nitrogen and oxygen atoms in total. The van der Waals surface area contributed by atoms with E-state index >= 15 is 0 Å². The Morgan fingerprint density at radius 2 is 1.68 bits per heavy atom. The fourth-order valence-electron chi connectivity index (χ4n) is 2.78. The molecule has 106 valence electrons. The number of hydrogen-bond donors (Lipinski definition) is 1. The Bertz CT molecular complexity index is 506. The molecule has 0 heterocycles. The Labute approximate surface area is 121 Å². The first-order valence-corrected chi connectivity index (χ1v) is 10.6. The molecule has 0 atom stereocenters. The molecule has 0 aromatic heterocycles. The van der Waals surface area contributed by atoms with Crippen molar-refractivity contribution in [2.45, 2.75) is 31.8 Å². The maximum absolute atomic E-state index is 12.6. The van der Waals surface area contributed by atoms with Crippen LogP contribution in [0.5, 0.6) is 0 Å². The van der Waals surface area contributed by atoms with Crippen molar-refractivity contribution in [3.63, 3.8) is 0 Å².